The molecule has 1 rings (SSSR count). The van der Waals surface area contributed by atoms with Crippen molar-refractivity contribution >= 4 is 5.91 Å². The van der Waals surface area contributed by atoms with E-state index in [9.17, 15) is 4.79 Å². The van der Waals surface area contributed by atoms with Crippen LogP contribution in [0.25, 0.3) is 0 Å². The number of rotatable bonds is 4. The molecule has 0 spiro atoms. The molecule has 1 amide bonds. The number of benzene rings is 1. The van der Waals surface area contributed by atoms with Crippen LogP contribution < -0.4 is 11.1 Å². The molecule has 3 heteroatoms. The molecule has 0 aliphatic carbocycles. The molecule has 0 aliphatic heterocycles. The number of nitrogens with two attached hydrogens (primary N) is 1. The first-order chi connectivity index (χ1) is 7.91. The van der Waals surface area contributed by atoms with E-state index < -0.39 is 6.04 Å². The van der Waals surface area contributed by atoms with Crippen molar-refractivity contribution < 1.29 is 4.79 Å². The minimum atomic E-state index is -0.442. The number of carbonyl (C=O) groups excluding carboxylic acids is 1. The highest BCUT2D eigenvalue weighted by molar-refractivity contribution is 5.82. The van der Waals surface area contributed by atoms with E-state index in [0.29, 0.717) is 0 Å². The molecule has 1 aromatic rings. The Bertz CT molecular complexity index is 370. The van der Waals surface area contributed by atoms with Gasteiger partial charge in [-0.15, -0.1) is 0 Å². The molecule has 94 valence electrons. The van der Waals surface area contributed by atoms with Crippen LogP contribution in [0.1, 0.15) is 37.9 Å². The maximum Gasteiger partial charge on any atom is 0.237 e. The van der Waals surface area contributed by atoms with E-state index in [1.165, 1.54) is 5.56 Å². The standard InChI is InChI=1S/C14H22N2O/c1-9(2)13(15)14(17)16-11(4)12-7-5-10(3)6-8-12/h5-9,11,13H,15H2,1-4H3,(H,16,17)/t11?,13-/m0/s1. The van der Waals surface area contributed by atoms with Crippen molar-refractivity contribution in [3.05, 3.63) is 35.4 Å². The molecule has 17 heavy (non-hydrogen) atoms. The van der Waals surface area contributed by atoms with Crippen molar-refractivity contribution in [1.29, 1.82) is 0 Å². The molecule has 3 N–H and O–H groups in total. The Labute approximate surface area is 103 Å². The molecule has 0 saturated heterocycles. The second-order valence-corrected chi connectivity index (χ2v) is 4.91. The summed E-state index contributed by atoms with van der Waals surface area (Å²) in [5.41, 5.74) is 8.11. The smallest absolute Gasteiger partial charge is 0.237 e. The van der Waals surface area contributed by atoms with Crippen molar-refractivity contribution in [2.75, 3.05) is 0 Å². The maximum atomic E-state index is 11.8. The monoisotopic (exact) mass is 234 g/mol. The molecule has 0 heterocycles. The third-order valence-electron chi connectivity index (χ3n) is 2.96. The van der Waals surface area contributed by atoms with Gasteiger partial charge in [0, 0.05) is 0 Å². The van der Waals surface area contributed by atoms with Crippen LogP contribution in [-0.2, 0) is 4.79 Å². The Hall–Kier alpha value is -1.35. The summed E-state index contributed by atoms with van der Waals surface area (Å²) < 4.78 is 0. The van der Waals surface area contributed by atoms with Crippen LogP contribution in [0.3, 0.4) is 0 Å². The van der Waals surface area contributed by atoms with Crippen LogP contribution in [0.15, 0.2) is 24.3 Å². The first-order valence-electron chi connectivity index (χ1n) is 6.04. The van der Waals surface area contributed by atoms with Gasteiger partial charge in [-0.25, -0.2) is 0 Å². The van der Waals surface area contributed by atoms with Crippen LogP contribution in [0.5, 0.6) is 0 Å². The topological polar surface area (TPSA) is 55.1 Å². The molecular formula is C14H22N2O. The highest BCUT2D eigenvalue weighted by Crippen LogP contribution is 2.13. The van der Waals surface area contributed by atoms with Gasteiger partial charge in [0.1, 0.15) is 0 Å². The van der Waals surface area contributed by atoms with E-state index in [-0.39, 0.29) is 17.9 Å². The largest absolute Gasteiger partial charge is 0.348 e. The third kappa shape index (κ3) is 3.86. The maximum absolute atomic E-state index is 11.8. The van der Waals surface area contributed by atoms with E-state index in [0.717, 1.165) is 5.56 Å². The lowest BCUT2D eigenvalue weighted by atomic mass is 10.0. The number of carbonyl (C=O) groups is 1. The van der Waals surface area contributed by atoms with Crippen LogP contribution >= 0.6 is 0 Å². The average Bonchev–Trinajstić information content (AvgIpc) is 2.28. The summed E-state index contributed by atoms with van der Waals surface area (Å²) in [6.45, 7) is 7.90. The number of hydrogen-bond donors (Lipinski definition) is 2. The zero-order valence-electron chi connectivity index (χ0n) is 11.0. The third-order valence-corrected chi connectivity index (χ3v) is 2.96. The van der Waals surface area contributed by atoms with E-state index in [1.54, 1.807) is 0 Å². The predicted octanol–water partition coefficient (Wildman–Crippen LogP) is 2.16. The Morgan fingerprint density at radius 1 is 1.18 bits per heavy atom. The zero-order valence-corrected chi connectivity index (χ0v) is 11.0. The molecule has 1 aromatic carbocycles. The average molecular weight is 234 g/mol. The Kier molecular flexibility index (Phi) is 4.70. The summed E-state index contributed by atoms with van der Waals surface area (Å²) in [7, 11) is 0. The first-order valence-corrected chi connectivity index (χ1v) is 6.04. The van der Waals surface area contributed by atoms with E-state index >= 15 is 0 Å². The number of aryl methyl sites for hydroxylation is 1. The van der Waals surface area contributed by atoms with E-state index in [1.807, 2.05) is 52.0 Å². The first kappa shape index (κ1) is 13.7. The normalized spacial score (nSPS) is 14.5. The summed E-state index contributed by atoms with van der Waals surface area (Å²) >= 11 is 0. The van der Waals surface area contributed by atoms with Gasteiger partial charge in [-0.2, -0.15) is 0 Å². The van der Waals surface area contributed by atoms with Gasteiger partial charge in [-0.3, -0.25) is 4.79 Å². The van der Waals surface area contributed by atoms with Crippen LogP contribution in [0.2, 0.25) is 0 Å². The molecule has 0 fully saturated rings. The molecule has 0 bridgehead atoms. The minimum absolute atomic E-state index is 0.00657. The summed E-state index contributed by atoms with van der Waals surface area (Å²) in [4.78, 5) is 11.8. The van der Waals surface area contributed by atoms with Crippen LogP contribution in [0, 0.1) is 12.8 Å². The van der Waals surface area contributed by atoms with Crippen LogP contribution in [0.4, 0.5) is 0 Å². The lowest BCUT2D eigenvalue weighted by molar-refractivity contribution is -0.123. The molecule has 0 saturated carbocycles. The van der Waals surface area contributed by atoms with Gasteiger partial charge < -0.3 is 11.1 Å². The van der Waals surface area contributed by atoms with Crippen molar-refractivity contribution in [2.24, 2.45) is 11.7 Å². The second-order valence-electron chi connectivity index (χ2n) is 4.91. The molecule has 0 aromatic heterocycles. The number of hydrogen-bond acceptors (Lipinski definition) is 2. The van der Waals surface area contributed by atoms with Gasteiger partial charge in [0.2, 0.25) is 5.91 Å². The van der Waals surface area contributed by atoms with Gasteiger partial charge in [0.25, 0.3) is 0 Å². The Balaban J connectivity index is 2.63. The summed E-state index contributed by atoms with van der Waals surface area (Å²) in [5, 5.41) is 2.93. The summed E-state index contributed by atoms with van der Waals surface area (Å²) in [6.07, 6.45) is 0. The Morgan fingerprint density at radius 3 is 2.18 bits per heavy atom. The van der Waals surface area contributed by atoms with Crippen molar-refractivity contribution in [1.82, 2.24) is 5.32 Å². The SMILES string of the molecule is Cc1ccc(C(C)NC(=O)[C@@H](N)C(C)C)cc1. The summed E-state index contributed by atoms with van der Waals surface area (Å²) in [5.74, 6) is 0.0632. The number of amides is 1. The summed E-state index contributed by atoms with van der Waals surface area (Å²) in [6, 6.07) is 7.69. The molecule has 0 radical (unpaired) electrons. The zero-order chi connectivity index (χ0) is 13.0. The van der Waals surface area contributed by atoms with Crippen LogP contribution in [-0.4, -0.2) is 11.9 Å². The van der Waals surface area contributed by atoms with Gasteiger partial charge in [-0.05, 0) is 25.3 Å². The van der Waals surface area contributed by atoms with Crippen molar-refractivity contribution in [3.63, 3.8) is 0 Å². The fourth-order valence-corrected chi connectivity index (χ4v) is 1.55. The highest BCUT2D eigenvalue weighted by Gasteiger charge is 2.19. The minimum Gasteiger partial charge on any atom is -0.348 e. The van der Waals surface area contributed by atoms with E-state index in [4.69, 9.17) is 5.73 Å². The van der Waals surface area contributed by atoms with Gasteiger partial charge in [0.05, 0.1) is 12.1 Å². The lowest BCUT2D eigenvalue weighted by Gasteiger charge is -2.20. The van der Waals surface area contributed by atoms with Crippen molar-refractivity contribution in [3.8, 4) is 0 Å². The molecule has 1 unspecified atom stereocenters. The fourth-order valence-electron chi connectivity index (χ4n) is 1.55. The van der Waals surface area contributed by atoms with Crippen molar-refractivity contribution in [2.45, 2.75) is 39.8 Å². The quantitative estimate of drug-likeness (QED) is 0.838. The van der Waals surface area contributed by atoms with E-state index in [2.05, 4.69) is 5.32 Å². The number of nitrogens with one attached hydrogen (secondary N) is 1. The lowest BCUT2D eigenvalue weighted by Crippen LogP contribution is -2.44. The molecule has 0 aliphatic rings. The fraction of sp³-hybridized carbons (Fsp3) is 0.500. The van der Waals surface area contributed by atoms with Gasteiger partial charge >= 0.3 is 0 Å². The van der Waals surface area contributed by atoms with Gasteiger partial charge in [-0.1, -0.05) is 43.7 Å². The molecule has 3 nitrogen and oxygen atoms in total. The highest BCUT2D eigenvalue weighted by atomic mass is 16.2. The Morgan fingerprint density at radius 2 is 1.71 bits per heavy atom. The molecular weight excluding hydrogens is 212 g/mol. The molecule has 2 atom stereocenters. The predicted molar refractivity (Wildman–Crippen MR) is 70.6 cm³/mol. The van der Waals surface area contributed by atoms with Gasteiger partial charge in [0.15, 0.2) is 0 Å². The second kappa shape index (κ2) is 5.82.